The first-order chi connectivity index (χ1) is 12.5. The minimum Gasteiger partial charge on any atom is -0.481 e. The number of amides is 1. The van der Waals surface area contributed by atoms with Gasteiger partial charge in [0.2, 0.25) is 0 Å². The summed E-state index contributed by atoms with van der Waals surface area (Å²) >= 11 is 0. The highest BCUT2D eigenvalue weighted by atomic mass is 16.5. The van der Waals surface area contributed by atoms with Crippen LogP contribution in [0.15, 0.2) is 48.5 Å². The third-order valence-corrected chi connectivity index (χ3v) is 4.32. The molecule has 0 saturated carbocycles. The van der Waals surface area contributed by atoms with E-state index >= 15 is 0 Å². The highest BCUT2D eigenvalue weighted by Crippen LogP contribution is 2.26. The average molecular weight is 355 g/mol. The number of esters is 1. The molecule has 0 spiro atoms. The molecule has 2 rings (SSSR count). The number of ether oxygens (including phenoxy) is 2. The van der Waals surface area contributed by atoms with Crippen molar-refractivity contribution in [3.8, 4) is 5.75 Å². The van der Waals surface area contributed by atoms with E-state index in [2.05, 4.69) is 23.9 Å². The topological polar surface area (TPSA) is 64.6 Å². The van der Waals surface area contributed by atoms with Gasteiger partial charge in [-0.15, -0.1) is 0 Å². The fourth-order valence-corrected chi connectivity index (χ4v) is 2.54. The maximum absolute atomic E-state index is 12.5. The molecular weight excluding hydrogens is 330 g/mol. The largest absolute Gasteiger partial charge is 0.481 e. The van der Waals surface area contributed by atoms with Gasteiger partial charge in [0.1, 0.15) is 5.75 Å². The average Bonchev–Trinajstić information content (AvgIpc) is 2.67. The Balaban J connectivity index is 2.03. The standard InChI is InChI=1S/C21H25NO4/c1-5-14(2)18-8-6-7-9-19(18)22-20(23)15(3)26-17-12-10-16(11-13-17)21(24)25-4/h6-15H,5H2,1-4H3,(H,22,23)/t14-,15-/m0/s1. The zero-order valence-corrected chi connectivity index (χ0v) is 15.6. The van der Waals surface area contributed by atoms with Crippen LogP contribution in [0.5, 0.6) is 5.75 Å². The van der Waals surface area contributed by atoms with Crippen molar-refractivity contribution in [3.63, 3.8) is 0 Å². The molecule has 0 aliphatic heterocycles. The molecule has 0 aliphatic carbocycles. The summed E-state index contributed by atoms with van der Waals surface area (Å²) in [5.41, 5.74) is 2.35. The predicted molar refractivity (Wildman–Crippen MR) is 102 cm³/mol. The van der Waals surface area contributed by atoms with E-state index in [9.17, 15) is 9.59 Å². The predicted octanol–water partition coefficient (Wildman–Crippen LogP) is 4.39. The van der Waals surface area contributed by atoms with Gasteiger partial charge < -0.3 is 14.8 Å². The van der Waals surface area contributed by atoms with Crippen LogP contribution in [-0.2, 0) is 9.53 Å². The van der Waals surface area contributed by atoms with Gasteiger partial charge in [0.15, 0.2) is 6.10 Å². The van der Waals surface area contributed by atoms with Crippen molar-refractivity contribution >= 4 is 17.6 Å². The summed E-state index contributed by atoms with van der Waals surface area (Å²) in [6, 6.07) is 14.3. The first-order valence-electron chi connectivity index (χ1n) is 8.71. The maximum atomic E-state index is 12.5. The zero-order valence-electron chi connectivity index (χ0n) is 15.6. The van der Waals surface area contributed by atoms with Crippen LogP contribution in [0.25, 0.3) is 0 Å². The maximum Gasteiger partial charge on any atom is 0.337 e. The summed E-state index contributed by atoms with van der Waals surface area (Å²) in [5.74, 6) is 0.228. The Kier molecular flexibility index (Phi) is 6.78. The van der Waals surface area contributed by atoms with Crippen LogP contribution < -0.4 is 10.1 Å². The molecule has 26 heavy (non-hydrogen) atoms. The Morgan fingerprint density at radius 1 is 1.04 bits per heavy atom. The van der Waals surface area contributed by atoms with E-state index in [0.717, 1.165) is 17.7 Å². The third kappa shape index (κ3) is 4.85. The first-order valence-corrected chi connectivity index (χ1v) is 8.71. The number of rotatable bonds is 7. The van der Waals surface area contributed by atoms with E-state index in [4.69, 9.17) is 4.74 Å². The van der Waals surface area contributed by atoms with E-state index < -0.39 is 12.1 Å². The van der Waals surface area contributed by atoms with Crippen molar-refractivity contribution in [3.05, 3.63) is 59.7 Å². The number of methoxy groups -OCH3 is 1. The molecule has 2 atom stereocenters. The second-order valence-electron chi connectivity index (χ2n) is 6.16. The van der Waals surface area contributed by atoms with Crippen LogP contribution >= 0.6 is 0 Å². The molecule has 2 aromatic rings. The normalized spacial score (nSPS) is 12.8. The number of para-hydroxylation sites is 1. The summed E-state index contributed by atoms with van der Waals surface area (Å²) in [7, 11) is 1.33. The van der Waals surface area contributed by atoms with Gasteiger partial charge in [-0.2, -0.15) is 0 Å². The van der Waals surface area contributed by atoms with Crippen molar-refractivity contribution in [1.82, 2.24) is 0 Å². The van der Waals surface area contributed by atoms with Crippen molar-refractivity contribution in [2.24, 2.45) is 0 Å². The molecule has 138 valence electrons. The number of hydrogen-bond acceptors (Lipinski definition) is 4. The smallest absolute Gasteiger partial charge is 0.337 e. The van der Waals surface area contributed by atoms with Crippen molar-refractivity contribution in [2.75, 3.05) is 12.4 Å². The monoisotopic (exact) mass is 355 g/mol. The molecule has 5 nitrogen and oxygen atoms in total. The van der Waals surface area contributed by atoms with Crippen LogP contribution in [0.4, 0.5) is 5.69 Å². The second kappa shape index (κ2) is 9.04. The number of hydrogen-bond donors (Lipinski definition) is 1. The summed E-state index contributed by atoms with van der Waals surface area (Å²) < 4.78 is 10.3. The number of benzene rings is 2. The fourth-order valence-electron chi connectivity index (χ4n) is 2.54. The van der Waals surface area contributed by atoms with E-state index in [1.807, 2.05) is 24.3 Å². The molecule has 0 radical (unpaired) electrons. The number of carbonyl (C=O) groups excluding carboxylic acids is 2. The van der Waals surface area contributed by atoms with Gasteiger partial charge in [0.25, 0.3) is 5.91 Å². The fraction of sp³-hybridized carbons (Fsp3) is 0.333. The van der Waals surface area contributed by atoms with Gasteiger partial charge in [-0.3, -0.25) is 4.79 Å². The Bertz CT molecular complexity index is 755. The quantitative estimate of drug-likeness (QED) is 0.748. The van der Waals surface area contributed by atoms with E-state index in [-0.39, 0.29) is 5.91 Å². The molecule has 1 amide bonds. The summed E-state index contributed by atoms with van der Waals surface area (Å²) in [6.45, 7) is 5.94. The summed E-state index contributed by atoms with van der Waals surface area (Å²) in [4.78, 5) is 23.9. The van der Waals surface area contributed by atoms with Crippen LogP contribution in [0.1, 0.15) is 49.0 Å². The highest BCUT2D eigenvalue weighted by molar-refractivity contribution is 5.95. The first kappa shape index (κ1) is 19.5. The van der Waals surface area contributed by atoms with Gasteiger partial charge in [-0.25, -0.2) is 4.79 Å². The van der Waals surface area contributed by atoms with Gasteiger partial charge >= 0.3 is 5.97 Å². The van der Waals surface area contributed by atoms with Crippen molar-refractivity contribution in [2.45, 2.75) is 39.2 Å². The molecule has 2 aromatic carbocycles. The SMILES string of the molecule is CC[C@H](C)c1ccccc1NC(=O)[C@H](C)Oc1ccc(C(=O)OC)cc1. The van der Waals surface area contributed by atoms with E-state index in [1.54, 1.807) is 31.2 Å². The molecule has 1 N–H and O–H groups in total. The summed E-state index contributed by atoms with van der Waals surface area (Å²) in [5, 5.41) is 2.95. The Hall–Kier alpha value is -2.82. The van der Waals surface area contributed by atoms with Crippen LogP contribution in [0.2, 0.25) is 0 Å². The molecule has 0 bridgehead atoms. The van der Waals surface area contributed by atoms with E-state index in [0.29, 0.717) is 17.2 Å². The molecule has 0 heterocycles. The Labute approximate surface area is 154 Å². The van der Waals surface area contributed by atoms with Crippen LogP contribution in [0.3, 0.4) is 0 Å². The lowest BCUT2D eigenvalue weighted by Gasteiger charge is -2.18. The summed E-state index contributed by atoms with van der Waals surface area (Å²) in [6.07, 6.45) is 0.315. The Morgan fingerprint density at radius 2 is 1.69 bits per heavy atom. The second-order valence-corrected chi connectivity index (χ2v) is 6.16. The minimum absolute atomic E-state index is 0.224. The lowest BCUT2D eigenvalue weighted by Crippen LogP contribution is -2.30. The van der Waals surface area contributed by atoms with Crippen molar-refractivity contribution < 1.29 is 19.1 Å². The molecule has 5 heteroatoms. The third-order valence-electron chi connectivity index (χ3n) is 4.32. The van der Waals surface area contributed by atoms with Crippen molar-refractivity contribution in [1.29, 1.82) is 0 Å². The Morgan fingerprint density at radius 3 is 2.31 bits per heavy atom. The van der Waals surface area contributed by atoms with Gasteiger partial charge in [0, 0.05) is 5.69 Å². The lowest BCUT2D eigenvalue weighted by atomic mass is 9.97. The zero-order chi connectivity index (χ0) is 19.1. The van der Waals surface area contributed by atoms with Gasteiger partial charge in [0.05, 0.1) is 12.7 Å². The van der Waals surface area contributed by atoms with Gasteiger partial charge in [-0.05, 0) is 55.2 Å². The van der Waals surface area contributed by atoms with Gasteiger partial charge in [-0.1, -0.05) is 32.0 Å². The molecular formula is C21H25NO4. The van der Waals surface area contributed by atoms with Crippen LogP contribution in [0, 0.1) is 0 Å². The molecule has 0 unspecified atom stereocenters. The number of nitrogens with one attached hydrogen (secondary N) is 1. The molecule has 0 aromatic heterocycles. The minimum atomic E-state index is -0.677. The lowest BCUT2D eigenvalue weighted by molar-refractivity contribution is -0.122. The highest BCUT2D eigenvalue weighted by Gasteiger charge is 2.18. The number of carbonyl (C=O) groups is 2. The van der Waals surface area contributed by atoms with E-state index in [1.165, 1.54) is 7.11 Å². The molecule has 0 fully saturated rings. The van der Waals surface area contributed by atoms with Crippen LogP contribution in [-0.4, -0.2) is 25.1 Å². The molecule has 0 aliphatic rings. The number of anilines is 1. The molecule has 0 saturated heterocycles.